The topological polar surface area (TPSA) is 94.8 Å². The first-order chi connectivity index (χ1) is 18.8. The average Bonchev–Trinajstić information content (AvgIpc) is 2.91. The molecule has 1 aromatic heterocycles. The fraction of sp³-hybridized carbons (Fsp3) is 0.241. The lowest BCUT2D eigenvalue weighted by Crippen LogP contribution is -2.22. The molecule has 202 valence electrons. The van der Waals surface area contributed by atoms with Crippen molar-refractivity contribution in [1.29, 1.82) is 0 Å². The van der Waals surface area contributed by atoms with Gasteiger partial charge in [0.05, 0.1) is 23.7 Å². The molecule has 1 amide bonds. The monoisotopic (exact) mass is 654 g/mol. The van der Waals surface area contributed by atoms with Crippen LogP contribution in [0.15, 0.2) is 73.4 Å². The van der Waals surface area contributed by atoms with E-state index in [-0.39, 0.29) is 18.1 Å². The number of fused-ring (bicyclic) bond motifs is 1. The van der Waals surface area contributed by atoms with E-state index in [1.54, 1.807) is 24.4 Å². The SMILES string of the molecule is CCCc1nc2ccc(Br)cc2c(=O)n1N=Cc1cc(OCC)c(OCC(=O)Nc2ccc(C)cc2)cc1Br. The maximum absolute atomic E-state index is 13.3. The molecule has 1 N–H and O–H groups in total. The van der Waals surface area contributed by atoms with E-state index >= 15 is 0 Å². The molecule has 0 spiro atoms. The minimum absolute atomic E-state index is 0.193. The van der Waals surface area contributed by atoms with Crippen molar-refractivity contribution in [2.45, 2.75) is 33.6 Å². The van der Waals surface area contributed by atoms with Crippen LogP contribution in [0.5, 0.6) is 11.5 Å². The number of hydrogen-bond donors (Lipinski definition) is 1. The standard InChI is InChI=1S/C29H28Br2N4O4/c1-4-6-27-34-24-12-9-20(30)14-22(24)29(37)35(27)32-16-19-13-25(38-5-2)26(15-23(19)31)39-17-28(36)33-21-10-7-18(3)8-11-21/h7-16H,4-6,17H2,1-3H3,(H,33,36). The highest BCUT2D eigenvalue weighted by atomic mass is 79.9. The molecule has 10 heteroatoms. The van der Waals surface area contributed by atoms with E-state index < -0.39 is 0 Å². The lowest BCUT2D eigenvalue weighted by atomic mass is 10.2. The Hall–Kier alpha value is -3.50. The number of hydrogen-bond acceptors (Lipinski definition) is 6. The number of nitrogens with zero attached hydrogens (tertiary/aromatic N) is 3. The minimum atomic E-state index is -0.290. The largest absolute Gasteiger partial charge is 0.490 e. The Morgan fingerprint density at radius 2 is 1.79 bits per heavy atom. The summed E-state index contributed by atoms with van der Waals surface area (Å²) in [6.07, 6.45) is 2.99. The number of halogens is 2. The number of carbonyl (C=O) groups is 1. The lowest BCUT2D eigenvalue weighted by molar-refractivity contribution is -0.118. The van der Waals surface area contributed by atoms with Gasteiger partial charge in [0.25, 0.3) is 11.5 Å². The molecule has 4 rings (SSSR count). The van der Waals surface area contributed by atoms with Crippen LogP contribution in [-0.4, -0.2) is 35.0 Å². The van der Waals surface area contributed by atoms with Gasteiger partial charge in [-0.25, -0.2) is 4.98 Å². The second-order valence-electron chi connectivity index (χ2n) is 8.76. The number of amides is 1. The number of aromatic nitrogens is 2. The number of anilines is 1. The van der Waals surface area contributed by atoms with Gasteiger partial charge in [-0.2, -0.15) is 9.78 Å². The van der Waals surface area contributed by atoms with E-state index in [4.69, 9.17) is 9.47 Å². The number of carbonyl (C=O) groups excluding carboxylic acids is 1. The smallest absolute Gasteiger partial charge is 0.282 e. The number of nitrogens with one attached hydrogen (secondary N) is 1. The van der Waals surface area contributed by atoms with Gasteiger partial charge >= 0.3 is 0 Å². The summed E-state index contributed by atoms with van der Waals surface area (Å²) in [7, 11) is 0. The third kappa shape index (κ3) is 7.13. The summed E-state index contributed by atoms with van der Waals surface area (Å²) < 4.78 is 14.4. The molecular formula is C29H28Br2N4O4. The highest BCUT2D eigenvalue weighted by Gasteiger charge is 2.14. The highest BCUT2D eigenvalue weighted by Crippen LogP contribution is 2.33. The van der Waals surface area contributed by atoms with Gasteiger partial charge in [0.1, 0.15) is 5.82 Å². The van der Waals surface area contributed by atoms with Crippen molar-refractivity contribution in [3.05, 3.63) is 90.8 Å². The summed E-state index contributed by atoms with van der Waals surface area (Å²) in [5, 5.41) is 7.79. The molecule has 0 saturated carbocycles. The van der Waals surface area contributed by atoms with Crippen LogP contribution in [0.2, 0.25) is 0 Å². The Morgan fingerprint density at radius 1 is 1.05 bits per heavy atom. The maximum Gasteiger partial charge on any atom is 0.282 e. The second-order valence-corrected chi connectivity index (χ2v) is 10.5. The van der Waals surface area contributed by atoms with Crippen molar-refractivity contribution in [2.75, 3.05) is 18.5 Å². The number of aryl methyl sites for hydroxylation is 2. The zero-order chi connectivity index (χ0) is 27.9. The molecule has 39 heavy (non-hydrogen) atoms. The van der Waals surface area contributed by atoms with Crippen LogP contribution in [0.25, 0.3) is 10.9 Å². The normalized spacial score (nSPS) is 11.2. The van der Waals surface area contributed by atoms with Gasteiger partial charge in [-0.15, -0.1) is 0 Å². The molecule has 1 heterocycles. The summed E-state index contributed by atoms with van der Waals surface area (Å²) in [6.45, 7) is 6.07. The first-order valence-corrected chi connectivity index (χ1v) is 14.1. The van der Waals surface area contributed by atoms with Crippen molar-refractivity contribution in [3.63, 3.8) is 0 Å². The Labute approximate surface area is 243 Å². The predicted molar refractivity (Wildman–Crippen MR) is 161 cm³/mol. The molecule has 0 aliphatic rings. The number of benzene rings is 3. The van der Waals surface area contributed by atoms with E-state index in [1.165, 1.54) is 4.68 Å². The zero-order valence-electron chi connectivity index (χ0n) is 21.8. The van der Waals surface area contributed by atoms with Crippen LogP contribution in [0.4, 0.5) is 5.69 Å². The van der Waals surface area contributed by atoms with E-state index in [9.17, 15) is 9.59 Å². The molecule has 0 fully saturated rings. The molecule has 8 nitrogen and oxygen atoms in total. The van der Waals surface area contributed by atoms with E-state index in [2.05, 4.69) is 47.3 Å². The quantitative estimate of drug-likeness (QED) is 0.197. The predicted octanol–water partition coefficient (Wildman–Crippen LogP) is 6.48. The molecule has 4 aromatic rings. The lowest BCUT2D eigenvalue weighted by Gasteiger charge is -2.14. The van der Waals surface area contributed by atoms with Crippen molar-refractivity contribution in [3.8, 4) is 11.5 Å². The molecule has 0 atom stereocenters. The maximum atomic E-state index is 13.3. The number of rotatable bonds is 10. The first-order valence-electron chi connectivity index (χ1n) is 12.5. The van der Waals surface area contributed by atoms with Crippen LogP contribution in [0, 0.1) is 6.92 Å². The Kier molecular flexibility index (Phi) is 9.53. The third-order valence-electron chi connectivity index (χ3n) is 5.72. The van der Waals surface area contributed by atoms with Crippen molar-refractivity contribution >= 4 is 60.6 Å². The molecule has 0 unspecified atom stereocenters. The molecule has 3 aromatic carbocycles. The van der Waals surface area contributed by atoms with Gasteiger partial charge in [-0.1, -0.05) is 40.5 Å². The Bertz CT molecular complexity index is 1580. The zero-order valence-corrected chi connectivity index (χ0v) is 25.0. The average molecular weight is 656 g/mol. The van der Waals surface area contributed by atoms with Crippen molar-refractivity contribution in [2.24, 2.45) is 5.10 Å². The van der Waals surface area contributed by atoms with E-state index in [0.29, 0.717) is 57.0 Å². The summed E-state index contributed by atoms with van der Waals surface area (Å²) in [6, 6.07) is 16.4. The molecular weight excluding hydrogens is 628 g/mol. The van der Waals surface area contributed by atoms with E-state index in [0.717, 1.165) is 16.5 Å². The summed E-state index contributed by atoms with van der Waals surface area (Å²) in [4.78, 5) is 30.4. The molecule has 0 aliphatic carbocycles. The minimum Gasteiger partial charge on any atom is -0.490 e. The second kappa shape index (κ2) is 13.0. The highest BCUT2D eigenvalue weighted by molar-refractivity contribution is 9.10. The summed E-state index contributed by atoms with van der Waals surface area (Å²) in [5.74, 6) is 1.14. The van der Waals surface area contributed by atoms with Crippen molar-refractivity contribution in [1.82, 2.24) is 9.66 Å². The summed E-state index contributed by atoms with van der Waals surface area (Å²) in [5.41, 5.74) is 2.85. The van der Waals surface area contributed by atoms with Crippen LogP contribution < -0.4 is 20.3 Å². The molecule has 0 aliphatic heterocycles. The van der Waals surface area contributed by atoms with Crippen LogP contribution in [0.1, 0.15) is 37.2 Å². The van der Waals surface area contributed by atoms with Gasteiger partial charge in [-0.05, 0) is 78.7 Å². The van der Waals surface area contributed by atoms with Gasteiger partial charge < -0.3 is 14.8 Å². The Balaban J connectivity index is 1.59. The fourth-order valence-corrected chi connectivity index (χ4v) is 4.61. The van der Waals surface area contributed by atoms with Crippen molar-refractivity contribution < 1.29 is 14.3 Å². The first kappa shape index (κ1) is 28.5. The van der Waals surface area contributed by atoms with Gasteiger partial charge in [0.15, 0.2) is 18.1 Å². The Morgan fingerprint density at radius 3 is 2.51 bits per heavy atom. The van der Waals surface area contributed by atoms with Gasteiger partial charge in [0, 0.05) is 26.6 Å². The fourth-order valence-electron chi connectivity index (χ4n) is 3.83. The summed E-state index contributed by atoms with van der Waals surface area (Å²) >= 11 is 6.98. The van der Waals surface area contributed by atoms with Crippen LogP contribution >= 0.6 is 31.9 Å². The van der Waals surface area contributed by atoms with E-state index in [1.807, 2.05) is 57.2 Å². The van der Waals surface area contributed by atoms with Crippen LogP contribution in [-0.2, 0) is 11.2 Å². The number of ether oxygens (including phenoxy) is 2. The third-order valence-corrected chi connectivity index (χ3v) is 6.90. The molecule has 0 saturated heterocycles. The van der Waals surface area contributed by atoms with Gasteiger partial charge in [0.2, 0.25) is 0 Å². The van der Waals surface area contributed by atoms with Crippen LogP contribution in [0.3, 0.4) is 0 Å². The molecule has 0 radical (unpaired) electrons. The van der Waals surface area contributed by atoms with Gasteiger partial charge in [-0.3, -0.25) is 9.59 Å². The molecule has 0 bridgehead atoms.